The zero-order chi connectivity index (χ0) is 13.8. The van der Waals surface area contributed by atoms with Crippen LogP contribution in [0.1, 0.15) is 19.2 Å². The van der Waals surface area contributed by atoms with E-state index in [1.54, 1.807) is 6.07 Å². The molecule has 102 valence electrons. The maximum absolute atomic E-state index is 13.1. The van der Waals surface area contributed by atoms with Gasteiger partial charge in [-0.1, -0.05) is 30.1 Å². The molecule has 2 aromatic rings. The van der Waals surface area contributed by atoms with Gasteiger partial charge in [0.05, 0.1) is 5.02 Å². The van der Waals surface area contributed by atoms with E-state index >= 15 is 0 Å². The first-order valence-corrected chi connectivity index (χ1v) is 6.50. The molecular formula is C13H15ClFN3O. The maximum atomic E-state index is 13.1. The van der Waals surface area contributed by atoms with Crippen molar-refractivity contribution in [1.82, 2.24) is 10.1 Å². The van der Waals surface area contributed by atoms with Crippen molar-refractivity contribution in [2.75, 3.05) is 6.54 Å². The number of halogens is 2. The van der Waals surface area contributed by atoms with Crippen LogP contribution in [0.15, 0.2) is 22.7 Å². The summed E-state index contributed by atoms with van der Waals surface area (Å²) in [5.41, 5.74) is 6.26. The van der Waals surface area contributed by atoms with Crippen LogP contribution in [-0.4, -0.2) is 16.7 Å². The van der Waals surface area contributed by atoms with Gasteiger partial charge in [-0.3, -0.25) is 0 Å². The Morgan fingerprint density at radius 1 is 1.47 bits per heavy atom. The average Bonchev–Trinajstić information content (AvgIpc) is 2.87. The van der Waals surface area contributed by atoms with Crippen LogP contribution in [0, 0.1) is 11.7 Å². The second-order valence-electron chi connectivity index (χ2n) is 4.35. The molecule has 1 aromatic heterocycles. The highest BCUT2D eigenvalue weighted by Gasteiger charge is 2.14. The lowest BCUT2D eigenvalue weighted by atomic mass is 10.0. The molecule has 0 bridgehead atoms. The molecule has 19 heavy (non-hydrogen) atoms. The molecule has 0 aliphatic rings. The maximum Gasteiger partial charge on any atom is 0.227 e. The van der Waals surface area contributed by atoms with Gasteiger partial charge in [0, 0.05) is 12.0 Å². The minimum Gasteiger partial charge on any atom is -0.339 e. The SMILES string of the molecule is CCC(CN)Cc1nc(-c2ccc(F)c(Cl)c2)no1. The lowest BCUT2D eigenvalue weighted by Crippen LogP contribution is -2.15. The average molecular weight is 284 g/mol. The first kappa shape index (κ1) is 14.0. The smallest absolute Gasteiger partial charge is 0.227 e. The summed E-state index contributed by atoms with van der Waals surface area (Å²) in [6.45, 7) is 2.64. The van der Waals surface area contributed by atoms with Gasteiger partial charge in [-0.2, -0.15) is 4.98 Å². The van der Waals surface area contributed by atoms with Gasteiger partial charge >= 0.3 is 0 Å². The third-order valence-electron chi connectivity index (χ3n) is 3.02. The third-order valence-corrected chi connectivity index (χ3v) is 3.31. The summed E-state index contributed by atoms with van der Waals surface area (Å²) in [5.74, 6) is 0.796. The van der Waals surface area contributed by atoms with Gasteiger partial charge < -0.3 is 10.3 Å². The number of aromatic nitrogens is 2. The molecule has 6 heteroatoms. The van der Waals surface area contributed by atoms with Crippen molar-refractivity contribution in [3.05, 3.63) is 34.9 Å². The number of hydrogen-bond donors (Lipinski definition) is 1. The van der Waals surface area contributed by atoms with Crippen molar-refractivity contribution in [2.24, 2.45) is 11.7 Å². The molecule has 0 saturated heterocycles. The monoisotopic (exact) mass is 283 g/mol. The topological polar surface area (TPSA) is 64.9 Å². The van der Waals surface area contributed by atoms with E-state index < -0.39 is 5.82 Å². The van der Waals surface area contributed by atoms with E-state index in [0.29, 0.717) is 36.2 Å². The lowest BCUT2D eigenvalue weighted by Gasteiger charge is -2.07. The summed E-state index contributed by atoms with van der Waals surface area (Å²) in [4.78, 5) is 4.27. The second kappa shape index (κ2) is 6.12. The van der Waals surface area contributed by atoms with Crippen LogP contribution in [0.2, 0.25) is 5.02 Å². The Labute approximate surface area is 115 Å². The molecule has 0 radical (unpaired) electrons. The first-order chi connectivity index (χ1) is 9.13. The van der Waals surface area contributed by atoms with Gasteiger partial charge in [-0.05, 0) is 30.7 Å². The van der Waals surface area contributed by atoms with E-state index in [1.165, 1.54) is 12.1 Å². The summed E-state index contributed by atoms with van der Waals surface area (Å²) in [5, 5.41) is 3.91. The molecule has 0 spiro atoms. The van der Waals surface area contributed by atoms with Crippen molar-refractivity contribution < 1.29 is 8.91 Å². The van der Waals surface area contributed by atoms with Crippen LogP contribution in [0.4, 0.5) is 4.39 Å². The number of nitrogens with two attached hydrogens (primary N) is 1. The zero-order valence-electron chi connectivity index (χ0n) is 10.6. The molecule has 1 aromatic carbocycles. The normalized spacial score (nSPS) is 12.6. The molecule has 0 aliphatic carbocycles. The standard InChI is InChI=1S/C13H15ClFN3O/c1-2-8(7-16)5-12-17-13(18-19-12)9-3-4-11(15)10(14)6-9/h3-4,6,8H,2,5,7,16H2,1H3. The molecule has 0 amide bonds. The van der Waals surface area contributed by atoms with Crippen molar-refractivity contribution in [3.63, 3.8) is 0 Å². The van der Waals surface area contributed by atoms with E-state index in [0.717, 1.165) is 6.42 Å². The predicted octanol–water partition coefficient (Wildman–Crippen LogP) is 3.06. The van der Waals surface area contributed by atoms with Crippen LogP contribution >= 0.6 is 11.6 Å². The number of benzene rings is 1. The molecule has 0 fully saturated rings. The fourth-order valence-electron chi connectivity index (χ4n) is 1.73. The fourth-order valence-corrected chi connectivity index (χ4v) is 1.91. The second-order valence-corrected chi connectivity index (χ2v) is 4.76. The van der Waals surface area contributed by atoms with E-state index in [1.807, 2.05) is 0 Å². The highest BCUT2D eigenvalue weighted by Crippen LogP contribution is 2.23. The molecular weight excluding hydrogens is 269 g/mol. The summed E-state index contributed by atoms with van der Waals surface area (Å²) in [6, 6.07) is 4.32. The Morgan fingerprint density at radius 2 is 2.26 bits per heavy atom. The Balaban J connectivity index is 2.18. The minimum atomic E-state index is -0.469. The molecule has 0 aliphatic heterocycles. The molecule has 2 N–H and O–H groups in total. The largest absolute Gasteiger partial charge is 0.339 e. The minimum absolute atomic E-state index is 0.0391. The van der Waals surface area contributed by atoms with Crippen molar-refractivity contribution >= 4 is 11.6 Å². The van der Waals surface area contributed by atoms with Crippen LogP contribution in [-0.2, 0) is 6.42 Å². The van der Waals surface area contributed by atoms with Gasteiger partial charge in [0.1, 0.15) is 5.82 Å². The zero-order valence-corrected chi connectivity index (χ0v) is 11.3. The highest BCUT2D eigenvalue weighted by molar-refractivity contribution is 6.31. The van der Waals surface area contributed by atoms with Crippen molar-refractivity contribution in [3.8, 4) is 11.4 Å². The van der Waals surface area contributed by atoms with Crippen molar-refractivity contribution in [2.45, 2.75) is 19.8 Å². The number of rotatable bonds is 5. The van der Waals surface area contributed by atoms with E-state index in [9.17, 15) is 4.39 Å². The molecule has 1 unspecified atom stereocenters. The Morgan fingerprint density at radius 3 is 2.89 bits per heavy atom. The van der Waals surface area contributed by atoms with Crippen LogP contribution in [0.5, 0.6) is 0 Å². The van der Waals surface area contributed by atoms with Crippen molar-refractivity contribution in [1.29, 1.82) is 0 Å². The first-order valence-electron chi connectivity index (χ1n) is 6.12. The van der Waals surface area contributed by atoms with Gasteiger partial charge in [0.15, 0.2) is 0 Å². The summed E-state index contributed by atoms with van der Waals surface area (Å²) < 4.78 is 18.2. The molecule has 1 atom stereocenters. The van der Waals surface area contributed by atoms with Crippen LogP contribution in [0.3, 0.4) is 0 Å². The quantitative estimate of drug-likeness (QED) is 0.916. The summed E-state index contributed by atoms with van der Waals surface area (Å²) in [6.07, 6.45) is 1.60. The highest BCUT2D eigenvalue weighted by atomic mass is 35.5. The molecule has 0 saturated carbocycles. The van der Waals surface area contributed by atoms with E-state index in [4.69, 9.17) is 21.9 Å². The van der Waals surface area contributed by atoms with Gasteiger partial charge in [0.2, 0.25) is 11.7 Å². The van der Waals surface area contributed by atoms with E-state index in [-0.39, 0.29) is 5.02 Å². The molecule has 2 rings (SSSR count). The number of hydrogen-bond acceptors (Lipinski definition) is 4. The number of nitrogens with zero attached hydrogens (tertiary/aromatic N) is 2. The summed E-state index contributed by atoms with van der Waals surface area (Å²) >= 11 is 5.72. The molecule has 1 heterocycles. The fraction of sp³-hybridized carbons (Fsp3) is 0.385. The van der Waals surface area contributed by atoms with Gasteiger partial charge in [-0.15, -0.1) is 0 Å². The summed E-state index contributed by atoms with van der Waals surface area (Å²) in [7, 11) is 0. The third kappa shape index (κ3) is 3.30. The van der Waals surface area contributed by atoms with Gasteiger partial charge in [-0.25, -0.2) is 4.39 Å². The predicted molar refractivity (Wildman–Crippen MR) is 71.2 cm³/mol. The lowest BCUT2D eigenvalue weighted by molar-refractivity contribution is 0.350. The molecule has 4 nitrogen and oxygen atoms in total. The van der Waals surface area contributed by atoms with Crippen LogP contribution < -0.4 is 5.73 Å². The Hall–Kier alpha value is -1.46. The van der Waals surface area contributed by atoms with Gasteiger partial charge in [0.25, 0.3) is 0 Å². The van der Waals surface area contributed by atoms with Crippen LogP contribution in [0.25, 0.3) is 11.4 Å². The van der Waals surface area contributed by atoms with E-state index in [2.05, 4.69) is 17.1 Å². The Bertz CT molecular complexity index is 555. The Kier molecular flexibility index (Phi) is 4.50.